The van der Waals surface area contributed by atoms with Gasteiger partial charge in [-0.1, -0.05) is 18.2 Å². The molecule has 3 aromatic carbocycles. The first-order valence-corrected chi connectivity index (χ1v) is 32.3. The molecular weight excluding hydrogens is 1320 g/mol. The fraction of sp³-hybridized carbons (Fsp3) is 0.333. The van der Waals surface area contributed by atoms with Crippen molar-refractivity contribution in [2.24, 2.45) is 0 Å². The van der Waals surface area contributed by atoms with Gasteiger partial charge in [-0.2, -0.15) is 31.1 Å². The number of anilines is 3. The molecule has 0 aliphatic carbocycles. The molecule has 3 amide bonds. The summed E-state index contributed by atoms with van der Waals surface area (Å²) >= 11 is 0. The number of pyridine rings is 3. The van der Waals surface area contributed by atoms with E-state index in [1.165, 1.54) is 78.5 Å². The van der Waals surface area contributed by atoms with E-state index in [4.69, 9.17) is 20.8 Å². The first-order chi connectivity index (χ1) is 52.2. The van der Waals surface area contributed by atoms with E-state index in [0.717, 1.165) is 42.6 Å². The van der Waals surface area contributed by atoms with Gasteiger partial charge in [0.25, 0.3) is 17.7 Å². The second-order valence-electron chi connectivity index (χ2n) is 25.2. The zero-order valence-corrected chi connectivity index (χ0v) is 54.5. The van der Waals surface area contributed by atoms with E-state index in [2.05, 4.69) is 50.9 Å². The number of piperidine rings is 3. The molecule has 0 saturated carbocycles. The Kier molecular flexibility index (Phi) is 15.8. The fourth-order valence-corrected chi connectivity index (χ4v) is 13.3. The van der Waals surface area contributed by atoms with Gasteiger partial charge in [-0.05, 0) is 94.0 Å². The molecule has 5 atom stereocenters. The van der Waals surface area contributed by atoms with Gasteiger partial charge in [0, 0.05) is 90.7 Å². The van der Waals surface area contributed by atoms with Crippen molar-refractivity contribution in [2.75, 3.05) is 80.2 Å². The number of carbonyl (C=O) groups is 3. The Morgan fingerprint density at radius 3 is 1.41 bits per heavy atom. The van der Waals surface area contributed by atoms with Gasteiger partial charge in [-0.3, -0.25) is 19.3 Å². The Balaban J connectivity index is 0.000000138. The van der Waals surface area contributed by atoms with Crippen LogP contribution < -0.4 is 30.7 Å². The molecule has 16 rings (SSSR count). The van der Waals surface area contributed by atoms with Gasteiger partial charge in [0.1, 0.15) is 29.2 Å². The molecule has 26 nitrogen and oxygen atoms in total. The number of rotatable bonds is 10. The molecule has 6 N–H and O–H groups in total. The number of carbonyl (C=O) groups excluding carboxylic acids is 3. The third-order valence-electron chi connectivity index (χ3n) is 18.4. The number of ether oxygens (including phenoxy) is 1. The number of benzene rings is 3. The van der Waals surface area contributed by atoms with Crippen LogP contribution in [0.5, 0.6) is 0 Å². The number of β-amino-alcohol motifs (C(OH)–C–C–N with tert-alkyl or cyclic N) is 2. The van der Waals surface area contributed by atoms with E-state index in [9.17, 15) is 63.1 Å². The third-order valence-corrected chi connectivity index (χ3v) is 18.4. The summed E-state index contributed by atoms with van der Waals surface area (Å²) in [5, 5.41) is 82.0. The van der Waals surface area contributed by atoms with Gasteiger partial charge in [0.05, 0.1) is 179 Å². The predicted molar refractivity (Wildman–Crippen MR) is 361 cm³/mol. The molecule has 520 valence electrons. The number of halogens is 4. The van der Waals surface area contributed by atoms with Crippen molar-refractivity contribution in [3.63, 3.8) is 0 Å². The molecule has 9 aromatic rings. The van der Waals surface area contributed by atoms with Gasteiger partial charge in [-0.15, -0.1) is 0 Å². The Labute approximate surface area is 592 Å². The summed E-state index contributed by atoms with van der Waals surface area (Å²) < 4.78 is 134. The minimum Gasteiger partial charge on any atom is -0.391 e. The number of aliphatic hydroxyl groups excluding tert-OH is 1. The maximum Gasteiger partial charge on any atom is 0.255 e. The predicted octanol–water partition coefficient (Wildman–Crippen LogP) is 6.49. The smallest absolute Gasteiger partial charge is 0.255 e. The number of fused-ring (bicyclic) bond motifs is 3. The van der Waals surface area contributed by atoms with Gasteiger partial charge in [0.15, 0.2) is 17.5 Å². The Morgan fingerprint density at radius 1 is 0.578 bits per heavy atom. The molecule has 30 heteroatoms. The Bertz CT molecular complexity index is 5340. The molecule has 0 bridgehead atoms. The van der Waals surface area contributed by atoms with Crippen molar-refractivity contribution in [1.82, 2.24) is 65.1 Å². The second kappa shape index (κ2) is 27.6. The molecule has 4 saturated heterocycles. The van der Waals surface area contributed by atoms with Gasteiger partial charge < -0.3 is 50.7 Å². The minimum atomic E-state index is -3.43. The Hall–Kier alpha value is -11.5. The normalized spacial score (nSPS) is 24.5. The molecule has 2 unspecified atom stereocenters. The van der Waals surface area contributed by atoms with E-state index in [0.29, 0.717) is 79.0 Å². The summed E-state index contributed by atoms with van der Waals surface area (Å²) in [5.74, 6) is -2.34. The molecule has 4 fully saturated rings. The summed E-state index contributed by atoms with van der Waals surface area (Å²) in [6.07, 6.45) is -3.12. The lowest BCUT2D eigenvalue weighted by molar-refractivity contribution is -0.0278. The first kappa shape index (κ1) is 58.3. The topological polar surface area (TPSA) is 334 Å². The van der Waals surface area contributed by atoms with Crippen LogP contribution in [0.3, 0.4) is 0 Å². The van der Waals surface area contributed by atoms with Gasteiger partial charge in [-0.25, -0.2) is 46.6 Å². The van der Waals surface area contributed by atoms with Crippen LogP contribution in [0.15, 0.2) is 110 Å². The van der Waals surface area contributed by atoms with E-state index in [1.54, 1.807) is 34.1 Å². The average Bonchev–Trinajstić information content (AvgIpc) is 0.933. The van der Waals surface area contributed by atoms with E-state index in [-0.39, 0.29) is 123 Å². The summed E-state index contributed by atoms with van der Waals surface area (Å²) in [6, 6.07) is 27.4. The van der Waals surface area contributed by atoms with Crippen LogP contribution in [0, 0.1) is 51.4 Å². The summed E-state index contributed by atoms with van der Waals surface area (Å²) in [4.78, 5) is 57.6. The number of alkyl halides is 1. The maximum atomic E-state index is 14.8. The number of nitrogens with one attached hydrogen (secondary N) is 3. The summed E-state index contributed by atoms with van der Waals surface area (Å²) in [6.45, 7) is 0.590. The number of hydrogen-bond acceptors (Lipinski definition) is 20. The maximum absolute atomic E-state index is 14.8. The van der Waals surface area contributed by atoms with Crippen LogP contribution in [-0.2, 0) is 24.4 Å². The molecule has 6 aromatic heterocycles. The highest BCUT2D eigenvalue weighted by atomic mass is 19.1. The van der Waals surface area contributed by atoms with Crippen molar-refractivity contribution in [3.05, 3.63) is 178 Å². The molecule has 7 aliphatic rings. The number of morpholine rings is 1. The van der Waals surface area contributed by atoms with Crippen LogP contribution in [0.2, 0.25) is 0 Å². The highest BCUT2D eigenvalue weighted by Crippen LogP contribution is 2.37. The molecular formula is C72H67F4N19O7. The van der Waals surface area contributed by atoms with Crippen LogP contribution in [0.25, 0.3) is 50.8 Å². The highest BCUT2D eigenvalue weighted by molar-refractivity contribution is 6.03. The van der Waals surface area contributed by atoms with E-state index >= 15 is 0 Å². The summed E-state index contributed by atoms with van der Waals surface area (Å²) in [7, 11) is 0. The largest absolute Gasteiger partial charge is 0.391 e. The van der Waals surface area contributed by atoms with Gasteiger partial charge in [0.2, 0.25) is 0 Å². The number of aromatic nitrogens is 9. The fourth-order valence-electron chi connectivity index (χ4n) is 13.3. The molecule has 0 radical (unpaired) electrons. The van der Waals surface area contributed by atoms with Crippen LogP contribution in [0.1, 0.15) is 115 Å². The zero-order valence-electron chi connectivity index (χ0n) is 62.5. The lowest BCUT2D eigenvalue weighted by Crippen LogP contribution is -2.58. The van der Waals surface area contributed by atoms with Crippen LogP contribution in [0.4, 0.5) is 35.0 Å². The summed E-state index contributed by atoms with van der Waals surface area (Å²) in [5.41, 5.74) is -1.05. The highest BCUT2D eigenvalue weighted by Gasteiger charge is 2.40. The van der Waals surface area contributed by atoms with Crippen molar-refractivity contribution in [1.29, 1.82) is 15.8 Å². The molecule has 13 heterocycles. The lowest BCUT2D eigenvalue weighted by Gasteiger charge is -2.43. The number of amides is 3. The number of hydrogen-bond donors (Lipinski definition) is 6. The zero-order chi connectivity index (χ0) is 78.5. The van der Waals surface area contributed by atoms with Crippen LogP contribution in [-0.4, -0.2) is 177 Å². The average molecular weight is 1390 g/mol. The number of aliphatic hydroxyl groups is 3. The monoisotopic (exact) mass is 1390 g/mol. The minimum absolute atomic E-state index is 0.00644. The third kappa shape index (κ3) is 13.1. The van der Waals surface area contributed by atoms with Crippen molar-refractivity contribution >= 4 is 35.2 Å². The first-order valence-electron chi connectivity index (χ1n) is 36.3. The van der Waals surface area contributed by atoms with Crippen LogP contribution >= 0.6 is 0 Å². The Morgan fingerprint density at radius 2 is 0.990 bits per heavy atom. The lowest BCUT2D eigenvalue weighted by atomic mass is 9.93. The van der Waals surface area contributed by atoms with E-state index < -0.39 is 78.4 Å². The standard InChI is InChI=1S/C26H26FN7O3.C23H20F2N6O2.C23H21FN6O2/c27-17-3-1-2-16(13-28)24(17)18-12-20(25-19(30-18)14-29-26(25)36)34-7-5-23(31-34)33-6-4-22(35)21(15-33)32-8-10-37-11-9-32;1-23(33)12-30(7-5-18(23)25)19-6-8-31(29-19)17-9-15(28-16-11-27-22(32)21(16)17)20-13(10-26)3-2-4-14(20)24;1-23(32)7-3-8-29(13-23)19-6-9-30(28-19)18-10-16(27-17-12-26-22(31)21(17)18)20-14(11-25)4-2-5-15(20)24/h1-3,5,7,12,21-22,35H,4,6,8-11,14-15H2,(H,29,36);2-4,6,8-9,18,33H,5,7,11-12H2,1H3,(H,27,32);2,4-6,9-10,32H,3,7-8,12-13H2,1H3,(H,26,31)/t21-,22+;;23-/m0.1/s1/i;;3D2,7D2,8D2,13D2. The van der Waals surface area contributed by atoms with E-state index in [1.807, 2.05) is 24.3 Å². The van der Waals surface area contributed by atoms with Crippen molar-refractivity contribution in [2.45, 2.75) is 88.6 Å². The second-order valence-corrected chi connectivity index (χ2v) is 25.2. The van der Waals surface area contributed by atoms with Crippen molar-refractivity contribution in [3.8, 4) is 69.0 Å². The SMILES string of the molecule is CC1(O)CN(c2ccn(-c3cc(-c4c(F)cccc4C#N)nc4c3C(=O)NC4)n2)CCC1F.N#Cc1cccc(F)c1-c1cc(-n2ccc(N3CC[C@@H](O)[C@@H](N4CCOCC4)C3)n2)c2c(n1)CNC2=O.[2H]C1([2H])N(c2ccn(-c3cc(-c4c(F)cccc4C#N)nc4c3C(=O)NC4)n2)C([2H])([2H])[C@](C)(O)C([2H])([2H])C1([2H])[2H]. The van der Waals surface area contributed by atoms with Crippen molar-refractivity contribution < 1.29 is 63.0 Å². The molecule has 102 heavy (non-hydrogen) atoms. The number of nitriles is 3. The molecule has 7 aliphatic heterocycles. The molecule has 0 spiro atoms. The number of nitrogens with zero attached hydrogens (tertiary/aromatic N) is 16. The quantitative estimate of drug-likeness (QED) is 0.0797. The van der Waals surface area contributed by atoms with Gasteiger partial charge >= 0.3 is 0 Å².